The SMILES string of the molecule is CC(C)C(C)N(C)Cc1ccc(F)c(C#N)c1. The van der Waals surface area contributed by atoms with Crippen molar-refractivity contribution in [3.63, 3.8) is 0 Å². The highest BCUT2D eigenvalue weighted by atomic mass is 19.1. The van der Waals surface area contributed by atoms with Gasteiger partial charge in [0.1, 0.15) is 11.9 Å². The van der Waals surface area contributed by atoms with E-state index in [4.69, 9.17) is 5.26 Å². The van der Waals surface area contributed by atoms with Gasteiger partial charge < -0.3 is 0 Å². The van der Waals surface area contributed by atoms with Crippen molar-refractivity contribution in [2.24, 2.45) is 5.92 Å². The molecule has 1 unspecified atom stereocenters. The number of halogens is 1. The van der Waals surface area contributed by atoms with Gasteiger partial charge in [-0.1, -0.05) is 19.9 Å². The molecular weight excluding hydrogens is 215 g/mol. The molecule has 0 saturated heterocycles. The van der Waals surface area contributed by atoms with Crippen molar-refractivity contribution < 1.29 is 4.39 Å². The summed E-state index contributed by atoms with van der Waals surface area (Å²) in [5, 5.41) is 8.77. The van der Waals surface area contributed by atoms with Gasteiger partial charge in [0.15, 0.2) is 0 Å². The molecule has 0 bridgehead atoms. The maximum absolute atomic E-state index is 13.2. The molecule has 17 heavy (non-hydrogen) atoms. The molecule has 1 aromatic rings. The molecule has 0 aromatic heterocycles. The third kappa shape index (κ3) is 3.54. The fraction of sp³-hybridized carbons (Fsp3) is 0.500. The highest BCUT2D eigenvalue weighted by Crippen LogP contribution is 2.15. The lowest BCUT2D eigenvalue weighted by molar-refractivity contribution is 0.200. The molecule has 0 radical (unpaired) electrons. The van der Waals surface area contributed by atoms with E-state index in [2.05, 4.69) is 25.7 Å². The lowest BCUT2D eigenvalue weighted by Crippen LogP contribution is -2.32. The van der Waals surface area contributed by atoms with Crippen LogP contribution in [0.15, 0.2) is 18.2 Å². The average molecular weight is 234 g/mol. The van der Waals surface area contributed by atoms with Crippen LogP contribution in [0, 0.1) is 23.1 Å². The van der Waals surface area contributed by atoms with E-state index in [1.165, 1.54) is 6.07 Å². The summed E-state index contributed by atoms with van der Waals surface area (Å²) in [5.74, 6) is 0.117. The normalized spacial score (nSPS) is 12.8. The summed E-state index contributed by atoms with van der Waals surface area (Å²) >= 11 is 0. The highest BCUT2D eigenvalue weighted by molar-refractivity contribution is 5.34. The van der Waals surface area contributed by atoms with E-state index < -0.39 is 5.82 Å². The summed E-state index contributed by atoms with van der Waals surface area (Å²) in [6.45, 7) is 7.24. The second-order valence-electron chi connectivity index (χ2n) is 4.83. The van der Waals surface area contributed by atoms with Crippen molar-refractivity contribution in [1.29, 1.82) is 5.26 Å². The summed E-state index contributed by atoms with van der Waals surface area (Å²) in [6, 6.07) is 7.04. The second kappa shape index (κ2) is 5.79. The van der Waals surface area contributed by atoms with E-state index >= 15 is 0 Å². The zero-order valence-corrected chi connectivity index (χ0v) is 10.9. The van der Waals surface area contributed by atoms with E-state index in [1.54, 1.807) is 12.1 Å². The van der Waals surface area contributed by atoms with Gasteiger partial charge in [0.25, 0.3) is 0 Å². The largest absolute Gasteiger partial charge is 0.299 e. The van der Waals surface area contributed by atoms with E-state index in [1.807, 2.05) is 13.1 Å². The van der Waals surface area contributed by atoms with Crippen LogP contribution >= 0.6 is 0 Å². The fourth-order valence-electron chi connectivity index (χ4n) is 1.70. The molecule has 0 saturated carbocycles. The van der Waals surface area contributed by atoms with Gasteiger partial charge in [-0.15, -0.1) is 0 Å². The summed E-state index contributed by atoms with van der Waals surface area (Å²) < 4.78 is 13.2. The van der Waals surface area contributed by atoms with E-state index in [0.717, 1.165) is 12.1 Å². The topological polar surface area (TPSA) is 27.0 Å². The van der Waals surface area contributed by atoms with Crippen LogP contribution in [0.2, 0.25) is 0 Å². The molecule has 92 valence electrons. The molecule has 0 aliphatic heterocycles. The zero-order chi connectivity index (χ0) is 13.0. The molecule has 1 aromatic carbocycles. The number of nitrogens with zero attached hydrogens (tertiary/aromatic N) is 2. The predicted molar refractivity (Wildman–Crippen MR) is 66.9 cm³/mol. The van der Waals surface area contributed by atoms with Gasteiger partial charge in [0, 0.05) is 12.6 Å². The Bertz CT molecular complexity index is 421. The minimum absolute atomic E-state index is 0.119. The number of hydrogen-bond acceptors (Lipinski definition) is 2. The lowest BCUT2D eigenvalue weighted by atomic mass is 10.0. The molecule has 0 aliphatic carbocycles. The Morgan fingerprint density at radius 2 is 2.00 bits per heavy atom. The summed E-state index contributed by atoms with van der Waals surface area (Å²) in [4.78, 5) is 2.21. The molecule has 0 fully saturated rings. The zero-order valence-electron chi connectivity index (χ0n) is 10.9. The molecule has 2 nitrogen and oxygen atoms in total. The second-order valence-corrected chi connectivity index (χ2v) is 4.83. The molecule has 0 heterocycles. The van der Waals surface area contributed by atoms with Gasteiger partial charge in [0.05, 0.1) is 5.56 Å². The Morgan fingerprint density at radius 3 is 2.53 bits per heavy atom. The standard InChI is InChI=1S/C14H19FN2/c1-10(2)11(3)17(4)9-12-5-6-14(15)13(7-12)8-16/h5-7,10-11H,9H2,1-4H3. The highest BCUT2D eigenvalue weighted by Gasteiger charge is 2.13. The number of nitriles is 1. The Morgan fingerprint density at radius 1 is 1.35 bits per heavy atom. The lowest BCUT2D eigenvalue weighted by Gasteiger charge is -2.27. The molecule has 0 amide bonds. The van der Waals surface area contributed by atoms with E-state index in [-0.39, 0.29) is 5.56 Å². The molecule has 3 heteroatoms. The predicted octanol–water partition coefficient (Wildman–Crippen LogP) is 3.17. The maximum Gasteiger partial charge on any atom is 0.140 e. The van der Waals surface area contributed by atoms with Crippen LogP contribution in [0.5, 0.6) is 0 Å². The first-order valence-corrected chi connectivity index (χ1v) is 5.84. The van der Waals surface area contributed by atoms with Gasteiger partial charge in [-0.25, -0.2) is 4.39 Å². The van der Waals surface area contributed by atoms with Crippen LogP contribution in [0.3, 0.4) is 0 Å². The molecule has 0 spiro atoms. The average Bonchev–Trinajstić information content (AvgIpc) is 2.30. The van der Waals surface area contributed by atoms with Gasteiger partial charge in [-0.3, -0.25) is 4.90 Å². The van der Waals surface area contributed by atoms with Crippen LogP contribution < -0.4 is 0 Å². The van der Waals surface area contributed by atoms with Crippen LogP contribution in [-0.2, 0) is 6.54 Å². The number of hydrogen-bond donors (Lipinski definition) is 0. The monoisotopic (exact) mass is 234 g/mol. The third-order valence-corrected chi connectivity index (χ3v) is 3.24. The third-order valence-electron chi connectivity index (χ3n) is 3.24. The van der Waals surface area contributed by atoms with Crippen molar-refractivity contribution >= 4 is 0 Å². The minimum atomic E-state index is -0.448. The molecule has 0 aliphatic rings. The van der Waals surface area contributed by atoms with Crippen molar-refractivity contribution in [2.75, 3.05) is 7.05 Å². The van der Waals surface area contributed by atoms with Crippen LogP contribution in [0.25, 0.3) is 0 Å². The Kier molecular flexibility index (Phi) is 4.65. The van der Waals surface area contributed by atoms with Crippen molar-refractivity contribution in [1.82, 2.24) is 4.90 Å². The molecule has 1 rings (SSSR count). The van der Waals surface area contributed by atoms with E-state index in [0.29, 0.717) is 12.0 Å². The first kappa shape index (κ1) is 13.7. The number of benzene rings is 1. The first-order chi connectivity index (χ1) is 7.95. The molecule has 1 atom stereocenters. The fourth-order valence-corrected chi connectivity index (χ4v) is 1.70. The Balaban J connectivity index is 2.79. The maximum atomic E-state index is 13.2. The Hall–Kier alpha value is -1.40. The quantitative estimate of drug-likeness (QED) is 0.800. The van der Waals surface area contributed by atoms with Gasteiger partial charge in [-0.05, 0) is 37.6 Å². The van der Waals surface area contributed by atoms with Crippen LogP contribution in [-0.4, -0.2) is 18.0 Å². The van der Waals surface area contributed by atoms with Gasteiger partial charge >= 0.3 is 0 Å². The smallest absolute Gasteiger partial charge is 0.140 e. The van der Waals surface area contributed by atoms with Crippen molar-refractivity contribution in [3.05, 3.63) is 35.1 Å². The molecule has 0 N–H and O–H groups in total. The number of rotatable bonds is 4. The van der Waals surface area contributed by atoms with Gasteiger partial charge in [-0.2, -0.15) is 5.26 Å². The van der Waals surface area contributed by atoms with Gasteiger partial charge in [0.2, 0.25) is 0 Å². The van der Waals surface area contributed by atoms with Crippen LogP contribution in [0.4, 0.5) is 4.39 Å². The summed E-state index contributed by atoms with van der Waals surface area (Å²) in [7, 11) is 2.04. The van der Waals surface area contributed by atoms with Crippen molar-refractivity contribution in [2.45, 2.75) is 33.4 Å². The first-order valence-electron chi connectivity index (χ1n) is 5.84. The Labute approximate surface area is 103 Å². The van der Waals surface area contributed by atoms with Crippen LogP contribution in [0.1, 0.15) is 31.9 Å². The summed E-state index contributed by atoms with van der Waals surface area (Å²) in [5.41, 5.74) is 1.09. The van der Waals surface area contributed by atoms with E-state index in [9.17, 15) is 4.39 Å². The molecular formula is C14H19FN2. The minimum Gasteiger partial charge on any atom is -0.299 e. The summed E-state index contributed by atoms with van der Waals surface area (Å²) in [6.07, 6.45) is 0. The van der Waals surface area contributed by atoms with Crippen molar-refractivity contribution in [3.8, 4) is 6.07 Å².